The Bertz CT molecular complexity index is 894. The van der Waals surface area contributed by atoms with Crippen LogP contribution in [0.2, 0.25) is 0 Å². The Labute approximate surface area is 145 Å². The van der Waals surface area contributed by atoms with Gasteiger partial charge in [0, 0.05) is 56.6 Å². The number of imidazole rings is 1. The minimum Gasteiger partial charge on any atom is -0.390 e. The quantitative estimate of drug-likeness (QED) is 0.772. The molecule has 0 spiro atoms. The van der Waals surface area contributed by atoms with E-state index in [2.05, 4.69) is 10.1 Å². The lowest BCUT2D eigenvalue weighted by Crippen LogP contribution is -2.36. The number of amides is 1. The Morgan fingerprint density at radius 2 is 2.24 bits per heavy atom. The molecule has 25 heavy (non-hydrogen) atoms. The fourth-order valence-electron chi connectivity index (χ4n) is 3.51. The Balaban J connectivity index is 1.43. The zero-order valence-corrected chi connectivity index (χ0v) is 14.2. The first-order valence-electron chi connectivity index (χ1n) is 8.50. The van der Waals surface area contributed by atoms with Gasteiger partial charge in [-0.1, -0.05) is 6.07 Å². The van der Waals surface area contributed by atoms with E-state index >= 15 is 0 Å². The summed E-state index contributed by atoms with van der Waals surface area (Å²) >= 11 is 0. The minimum absolute atomic E-state index is 0.0908. The molecule has 1 amide bonds. The van der Waals surface area contributed by atoms with Crippen molar-refractivity contribution in [2.45, 2.75) is 32.4 Å². The van der Waals surface area contributed by atoms with E-state index in [4.69, 9.17) is 0 Å². The Morgan fingerprint density at radius 3 is 3.04 bits per heavy atom. The van der Waals surface area contributed by atoms with E-state index in [1.165, 1.54) is 0 Å². The first kappa shape index (κ1) is 15.8. The average molecular weight is 339 g/mol. The molecule has 0 saturated heterocycles. The molecule has 0 unspecified atom stereocenters. The highest BCUT2D eigenvalue weighted by atomic mass is 16.3. The molecule has 4 heterocycles. The van der Waals surface area contributed by atoms with Gasteiger partial charge in [-0.15, -0.1) is 0 Å². The molecule has 1 aliphatic heterocycles. The van der Waals surface area contributed by atoms with E-state index in [1.807, 2.05) is 51.6 Å². The number of carbonyl (C=O) groups excluding carboxylic acids is 1. The van der Waals surface area contributed by atoms with Crippen molar-refractivity contribution < 1.29 is 9.90 Å². The number of aliphatic hydroxyl groups is 1. The summed E-state index contributed by atoms with van der Waals surface area (Å²) in [6.45, 7) is 1.14. The van der Waals surface area contributed by atoms with Gasteiger partial charge >= 0.3 is 0 Å². The summed E-state index contributed by atoms with van der Waals surface area (Å²) in [5.74, 6) is 0.121. The second-order valence-electron chi connectivity index (χ2n) is 6.42. The van der Waals surface area contributed by atoms with Gasteiger partial charge in [0.15, 0.2) is 0 Å². The van der Waals surface area contributed by atoms with Gasteiger partial charge in [-0.3, -0.25) is 9.48 Å². The standard InChI is InChI=1S/C18H21N5O2/c1-21-16-7-9-23(11-14(16)15(12-24)20-21)18(25)6-5-13-10-22-8-3-2-4-17(22)19-13/h2-4,8,10,24H,5-7,9,11-12H2,1H3. The molecule has 4 rings (SSSR count). The van der Waals surface area contributed by atoms with Crippen LogP contribution in [0.1, 0.15) is 29.1 Å². The van der Waals surface area contributed by atoms with Crippen LogP contribution in [0.5, 0.6) is 0 Å². The fourth-order valence-corrected chi connectivity index (χ4v) is 3.51. The highest BCUT2D eigenvalue weighted by Crippen LogP contribution is 2.23. The number of aryl methyl sites for hydroxylation is 2. The van der Waals surface area contributed by atoms with E-state index < -0.39 is 0 Å². The maximum atomic E-state index is 12.6. The van der Waals surface area contributed by atoms with Crippen molar-refractivity contribution >= 4 is 11.6 Å². The maximum Gasteiger partial charge on any atom is 0.223 e. The summed E-state index contributed by atoms with van der Waals surface area (Å²) < 4.78 is 3.79. The van der Waals surface area contributed by atoms with Gasteiger partial charge < -0.3 is 14.4 Å². The highest BCUT2D eigenvalue weighted by molar-refractivity contribution is 5.76. The topological polar surface area (TPSA) is 75.7 Å². The molecule has 0 aromatic carbocycles. The van der Waals surface area contributed by atoms with E-state index in [9.17, 15) is 9.90 Å². The van der Waals surface area contributed by atoms with Crippen LogP contribution in [-0.2, 0) is 37.8 Å². The molecule has 0 fully saturated rings. The van der Waals surface area contributed by atoms with Crippen LogP contribution in [0.15, 0.2) is 30.6 Å². The molecular weight excluding hydrogens is 318 g/mol. The van der Waals surface area contributed by atoms with Crippen molar-refractivity contribution in [1.82, 2.24) is 24.1 Å². The average Bonchev–Trinajstić information content (AvgIpc) is 3.19. The lowest BCUT2D eigenvalue weighted by molar-refractivity contribution is -0.132. The number of aromatic nitrogens is 4. The molecule has 0 aliphatic carbocycles. The molecule has 1 aliphatic rings. The highest BCUT2D eigenvalue weighted by Gasteiger charge is 2.26. The number of pyridine rings is 1. The number of hydrogen-bond acceptors (Lipinski definition) is 4. The van der Waals surface area contributed by atoms with Crippen LogP contribution < -0.4 is 0 Å². The predicted molar refractivity (Wildman–Crippen MR) is 91.8 cm³/mol. The third-order valence-electron chi connectivity index (χ3n) is 4.84. The Kier molecular flexibility index (Phi) is 4.01. The van der Waals surface area contributed by atoms with Crippen LogP contribution in [0, 0.1) is 0 Å². The molecular formula is C18H21N5O2. The van der Waals surface area contributed by atoms with Gasteiger partial charge in [0.1, 0.15) is 5.65 Å². The van der Waals surface area contributed by atoms with Crippen LogP contribution in [0.3, 0.4) is 0 Å². The first-order chi connectivity index (χ1) is 12.2. The summed E-state index contributed by atoms with van der Waals surface area (Å²) in [6.07, 6.45) is 5.77. The number of nitrogens with zero attached hydrogens (tertiary/aromatic N) is 5. The van der Waals surface area contributed by atoms with Crippen molar-refractivity contribution in [3.63, 3.8) is 0 Å². The lowest BCUT2D eigenvalue weighted by atomic mass is 10.0. The van der Waals surface area contributed by atoms with Crippen molar-refractivity contribution in [3.8, 4) is 0 Å². The second kappa shape index (κ2) is 6.33. The molecule has 7 nitrogen and oxygen atoms in total. The summed E-state index contributed by atoms with van der Waals surface area (Å²) in [4.78, 5) is 19.0. The number of hydrogen-bond donors (Lipinski definition) is 1. The number of carbonyl (C=O) groups is 1. The second-order valence-corrected chi connectivity index (χ2v) is 6.42. The monoisotopic (exact) mass is 339 g/mol. The lowest BCUT2D eigenvalue weighted by Gasteiger charge is -2.27. The number of fused-ring (bicyclic) bond motifs is 2. The van der Waals surface area contributed by atoms with Gasteiger partial charge in [0.25, 0.3) is 0 Å². The summed E-state index contributed by atoms with van der Waals surface area (Å²) in [5.41, 5.74) is 4.62. The molecule has 0 atom stereocenters. The summed E-state index contributed by atoms with van der Waals surface area (Å²) in [6, 6.07) is 5.87. The molecule has 0 bridgehead atoms. The van der Waals surface area contributed by atoms with E-state index in [1.54, 1.807) is 0 Å². The molecule has 0 radical (unpaired) electrons. The molecule has 7 heteroatoms. The zero-order valence-electron chi connectivity index (χ0n) is 14.2. The normalized spacial score (nSPS) is 14.1. The van der Waals surface area contributed by atoms with Crippen molar-refractivity contribution in [3.05, 3.63) is 53.2 Å². The van der Waals surface area contributed by atoms with E-state index in [0.717, 1.165) is 29.0 Å². The summed E-state index contributed by atoms with van der Waals surface area (Å²) in [7, 11) is 1.89. The largest absolute Gasteiger partial charge is 0.390 e. The van der Waals surface area contributed by atoms with Gasteiger partial charge in [-0.05, 0) is 18.6 Å². The van der Waals surface area contributed by atoms with E-state index in [-0.39, 0.29) is 12.5 Å². The first-order valence-corrected chi connectivity index (χ1v) is 8.50. The zero-order chi connectivity index (χ0) is 17.4. The minimum atomic E-state index is -0.0908. The third kappa shape index (κ3) is 2.91. The van der Waals surface area contributed by atoms with Crippen LogP contribution in [0.4, 0.5) is 0 Å². The molecule has 3 aromatic rings. The Hall–Kier alpha value is -2.67. The van der Waals surface area contributed by atoms with Gasteiger partial charge in [0.05, 0.1) is 18.0 Å². The molecule has 1 N–H and O–H groups in total. The van der Waals surface area contributed by atoms with E-state index in [0.29, 0.717) is 31.6 Å². The van der Waals surface area contributed by atoms with Crippen molar-refractivity contribution in [1.29, 1.82) is 0 Å². The third-order valence-corrected chi connectivity index (χ3v) is 4.84. The van der Waals surface area contributed by atoms with Crippen molar-refractivity contribution in [2.75, 3.05) is 6.54 Å². The van der Waals surface area contributed by atoms with Crippen molar-refractivity contribution in [2.24, 2.45) is 7.05 Å². The maximum absolute atomic E-state index is 12.6. The predicted octanol–water partition coefficient (Wildman–Crippen LogP) is 1.08. The van der Waals surface area contributed by atoms with Crippen LogP contribution >= 0.6 is 0 Å². The van der Waals surface area contributed by atoms with Crippen LogP contribution in [-0.4, -0.2) is 41.6 Å². The number of rotatable bonds is 4. The number of aliphatic hydroxyl groups excluding tert-OH is 1. The smallest absolute Gasteiger partial charge is 0.223 e. The fraction of sp³-hybridized carbons (Fsp3) is 0.389. The SMILES string of the molecule is Cn1nc(CO)c2c1CCN(C(=O)CCc1cn3ccccc3n1)C2. The summed E-state index contributed by atoms with van der Waals surface area (Å²) in [5, 5.41) is 13.8. The Morgan fingerprint density at radius 1 is 1.36 bits per heavy atom. The molecule has 130 valence electrons. The molecule has 3 aromatic heterocycles. The molecule has 0 saturated carbocycles. The van der Waals surface area contributed by atoms with Gasteiger partial charge in [0.2, 0.25) is 5.91 Å². The van der Waals surface area contributed by atoms with Gasteiger partial charge in [-0.2, -0.15) is 5.10 Å². The van der Waals surface area contributed by atoms with Crippen LogP contribution in [0.25, 0.3) is 5.65 Å². The van der Waals surface area contributed by atoms with Gasteiger partial charge in [-0.25, -0.2) is 4.98 Å².